The maximum Gasteiger partial charge on any atom is 0.185 e. The Bertz CT molecular complexity index is 789. The van der Waals surface area contributed by atoms with Gasteiger partial charge in [0.15, 0.2) is 5.78 Å². The van der Waals surface area contributed by atoms with Crippen molar-refractivity contribution < 1.29 is 19.0 Å². The number of carbonyl (C=O) groups excluding carboxylic acids is 1. The number of benzene rings is 2. The van der Waals surface area contributed by atoms with E-state index in [0.717, 1.165) is 5.56 Å². The van der Waals surface area contributed by atoms with E-state index >= 15 is 0 Å². The fraction of sp³-hybridized carbons (Fsp3) is 0.292. The van der Waals surface area contributed by atoms with Gasteiger partial charge in [-0.3, -0.25) is 4.79 Å². The highest BCUT2D eigenvalue weighted by Crippen LogP contribution is 2.26. The Morgan fingerprint density at radius 2 is 1.50 bits per heavy atom. The molecule has 2 aromatic rings. The molecule has 2 aromatic carbocycles. The van der Waals surface area contributed by atoms with E-state index < -0.39 is 0 Å². The first-order valence-electron chi connectivity index (χ1n) is 9.42. The summed E-state index contributed by atoms with van der Waals surface area (Å²) in [5.41, 5.74) is 1.43. The molecule has 0 amide bonds. The van der Waals surface area contributed by atoms with Crippen molar-refractivity contribution in [1.29, 1.82) is 0 Å². The number of ketones is 1. The van der Waals surface area contributed by atoms with Crippen molar-refractivity contribution in [3.8, 4) is 17.2 Å². The summed E-state index contributed by atoms with van der Waals surface area (Å²) in [5, 5.41) is 0. The lowest BCUT2D eigenvalue weighted by Gasteiger charge is -2.14. The van der Waals surface area contributed by atoms with E-state index in [9.17, 15) is 4.79 Å². The van der Waals surface area contributed by atoms with Crippen LogP contribution in [0.25, 0.3) is 6.08 Å². The summed E-state index contributed by atoms with van der Waals surface area (Å²) in [4.78, 5) is 12.5. The van der Waals surface area contributed by atoms with Crippen molar-refractivity contribution in [2.75, 3.05) is 6.61 Å². The highest BCUT2D eigenvalue weighted by Gasteiger charge is 2.07. The van der Waals surface area contributed by atoms with E-state index in [-0.39, 0.29) is 18.0 Å². The molecule has 0 atom stereocenters. The van der Waals surface area contributed by atoms with Crippen LogP contribution in [0.2, 0.25) is 0 Å². The van der Waals surface area contributed by atoms with E-state index in [1.54, 1.807) is 42.5 Å². The molecule has 0 radical (unpaired) electrons. The quantitative estimate of drug-likeness (QED) is 0.300. The minimum atomic E-state index is -0.0863. The molecule has 0 saturated heterocycles. The molecule has 148 valence electrons. The van der Waals surface area contributed by atoms with Crippen LogP contribution in [-0.4, -0.2) is 24.6 Å². The van der Waals surface area contributed by atoms with Crippen molar-refractivity contribution in [2.45, 2.75) is 39.9 Å². The molecule has 0 saturated carbocycles. The number of allylic oxidation sites excluding steroid dienone is 1. The van der Waals surface area contributed by atoms with Crippen LogP contribution in [0.15, 0.2) is 61.2 Å². The zero-order chi connectivity index (χ0) is 20.5. The molecule has 0 aliphatic carbocycles. The van der Waals surface area contributed by atoms with Gasteiger partial charge in [0.25, 0.3) is 0 Å². The maximum absolute atomic E-state index is 12.5. The molecule has 2 rings (SSSR count). The van der Waals surface area contributed by atoms with Gasteiger partial charge >= 0.3 is 0 Å². The van der Waals surface area contributed by atoms with Gasteiger partial charge in [0.05, 0.1) is 12.2 Å². The largest absolute Gasteiger partial charge is 0.491 e. The van der Waals surface area contributed by atoms with Crippen molar-refractivity contribution >= 4 is 11.9 Å². The van der Waals surface area contributed by atoms with Crippen LogP contribution in [0.1, 0.15) is 43.6 Å². The van der Waals surface area contributed by atoms with Crippen molar-refractivity contribution in [1.82, 2.24) is 0 Å². The summed E-state index contributed by atoms with van der Waals surface area (Å²) < 4.78 is 17.0. The van der Waals surface area contributed by atoms with Crippen LogP contribution in [0.4, 0.5) is 0 Å². The van der Waals surface area contributed by atoms with Gasteiger partial charge in [-0.05, 0) is 75.7 Å². The summed E-state index contributed by atoms with van der Waals surface area (Å²) in [6, 6.07) is 12.7. The molecule has 4 heteroatoms. The van der Waals surface area contributed by atoms with Crippen molar-refractivity contribution in [2.24, 2.45) is 0 Å². The molecular formula is C24H28O4. The summed E-state index contributed by atoms with van der Waals surface area (Å²) in [6.07, 6.45) is 5.10. The monoisotopic (exact) mass is 380 g/mol. The predicted molar refractivity (Wildman–Crippen MR) is 113 cm³/mol. The molecule has 0 N–H and O–H groups in total. The van der Waals surface area contributed by atoms with Gasteiger partial charge in [-0.25, -0.2) is 0 Å². The van der Waals surface area contributed by atoms with Gasteiger partial charge in [0.1, 0.15) is 23.9 Å². The number of ether oxygens (including phenoxy) is 3. The first-order valence-corrected chi connectivity index (χ1v) is 9.42. The third-order valence-corrected chi connectivity index (χ3v) is 3.58. The van der Waals surface area contributed by atoms with Crippen molar-refractivity contribution in [3.05, 3.63) is 72.3 Å². The van der Waals surface area contributed by atoms with Crippen LogP contribution in [0.3, 0.4) is 0 Å². The lowest BCUT2D eigenvalue weighted by atomic mass is 10.1. The molecule has 0 unspecified atom stereocenters. The minimum absolute atomic E-state index is 0.0505. The molecule has 0 aliphatic heterocycles. The second kappa shape index (κ2) is 10.4. The molecule has 4 nitrogen and oxygen atoms in total. The summed E-state index contributed by atoms with van der Waals surface area (Å²) in [5.74, 6) is 2.04. The average Bonchev–Trinajstić information content (AvgIpc) is 2.63. The van der Waals surface area contributed by atoms with Gasteiger partial charge in [-0.15, -0.1) is 0 Å². The van der Waals surface area contributed by atoms with Crippen LogP contribution in [0, 0.1) is 0 Å². The Labute approximate surface area is 167 Å². The van der Waals surface area contributed by atoms with Gasteiger partial charge in [0.2, 0.25) is 0 Å². The van der Waals surface area contributed by atoms with Crippen LogP contribution < -0.4 is 14.2 Å². The summed E-state index contributed by atoms with van der Waals surface area (Å²) in [7, 11) is 0. The minimum Gasteiger partial charge on any atom is -0.491 e. The fourth-order valence-corrected chi connectivity index (χ4v) is 2.51. The molecule has 0 aromatic heterocycles. The van der Waals surface area contributed by atoms with Crippen LogP contribution in [0.5, 0.6) is 17.2 Å². The SMILES string of the molecule is C=CCOc1ccc(C(=O)/C=C/c2cc(OC(C)C)cc(OC(C)C)c2)cc1. The number of rotatable bonds is 10. The zero-order valence-corrected chi connectivity index (χ0v) is 17.0. The molecule has 0 heterocycles. The van der Waals surface area contributed by atoms with Gasteiger partial charge in [-0.1, -0.05) is 18.7 Å². The van der Waals surface area contributed by atoms with Crippen LogP contribution in [-0.2, 0) is 0 Å². The Kier molecular flexibility index (Phi) is 7.88. The van der Waals surface area contributed by atoms with Crippen LogP contribution >= 0.6 is 0 Å². The molecule has 28 heavy (non-hydrogen) atoms. The van der Waals surface area contributed by atoms with Gasteiger partial charge < -0.3 is 14.2 Å². The van der Waals surface area contributed by atoms with E-state index in [0.29, 0.717) is 29.4 Å². The molecule has 0 fully saturated rings. The van der Waals surface area contributed by atoms with E-state index in [2.05, 4.69) is 6.58 Å². The number of hydrogen-bond donors (Lipinski definition) is 0. The first-order chi connectivity index (χ1) is 13.4. The Balaban J connectivity index is 2.16. The van der Waals surface area contributed by atoms with E-state index in [1.165, 1.54) is 0 Å². The third-order valence-electron chi connectivity index (χ3n) is 3.58. The average molecular weight is 380 g/mol. The number of carbonyl (C=O) groups is 1. The molecule has 0 aliphatic rings. The predicted octanol–water partition coefficient (Wildman–Crippen LogP) is 5.72. The van der Waals surface area contributed by atoms with Crippen molar-refractivity contribution in [3.63, 3.8) is 0 Å². The van der Waals surface area contributed by atoms with Gasteiger partial charge in [0, 0.05) is 11.6 Å². The highest BCUT2D eigenvalue weighted by molar-refractivity contribution is 6.06. The topological polar surface area (TPSA) is 44.8 Å². The van der Waals surface area contributed by atoms with E-state index in [4.69, 9.17) is 14.2 Å². The standard InChI is InChI=1S/C24H28O4/c1-6-13-26-21-10-8-20(9-11-21)24(25)12-7-19-14-22(27-17(2)3)16-23(15-19)28-18(4)5/h6-12,14-18H,1,13H2,2-5H3/b12-7+. The fourth-order valence-electron chi connectivity index (χ4n) is 2.51. The lowest BCUT2D eigenvalue weighted by Crippen LogP contribution is -2.08. The smallest absolute Gasteiger partial charge is 0.185 e. The molecular weight excluding hydrogens is 352 g/mol. The highest BCUT2D eigenvalue weighted by atomic mass is 16.5. The molecule has 0 bridgehead atoms. The Morgan fingerprint density at radius 3 is 2.00 bits per heavy atom. The first kappa shape index (κ1) is 21.3. The Morgan fingerprint density at radius 1 is 0.929 bits per heavy atom. The third kappa shape index (κ3) is 6.95. The maximum atomic E-state index is 12.5. The second-order valence-electron chi connectivity index (χ2n) is 6.89. The van der Waals surface area contributed by atoms with Gasteiger partial charge in [-0.2, -0.15) is 0 Å². The zero-order valence-electron chi connectivity index (χ0n) is 17.0. The molecule has 0 spiro atoms. The Hall–Kier alpha value is -3.01. The lowest BCUT2D eigenvalue weighted by molar-refractivity contribution is 0.104. The second-order valence-corrected chi connectivity index (χ2v) is 6.89. The summed E-state index contributed by atoms with van der Waals surface area (Å²) >= 11 is 0. The normalized spacial score (nSPS) is 11.1. The van der Waals surface area contributed by atoms with E-state index in [1.807, 2.05) is 45.9 Å². The number of hydrogen-bond acceptors (Lipinski definition) is 4. The summed E-state index contributed by atoms with van der Waals surface area (Å²) in [6.45, 7) is 11.9.